The molecule has 5 heteroatoms. The average molecular weight is 321 g/mol. The van der Waals surface area contributed by atoms with Crippen LogP contribution in [0.25, 0.3) is 0 Å². The van der Waals surface area contributed by atoms with E-state index in [0.29, 0.717) is 19.8 Å². The molecular formula is C18H27NO4. The largest absolute Gasteiger partial charge is 0.444 e. The first-order valence-corrected chi connectivity index (χ1v) is 8.11. The summed E-state index contributed by atoms with van der Waals surface area (Å²) in [5.74, 6) is 0.0906. The van der Waals surface area contributed by atoms with Crippen LogP contribution in [0.5, 0.6) is 0 Å². The number of likely N-dealkylation sites (tertiary alicyclic amines) is 1. The molecule has 0 aromatic heterocycles. The summed E-state index contributed by atoms with van der Waals surface area (Å²) in [5, 5.41) is 9.40. The molecule has 2 rings (SSSR count). The van der Waals surface area contributed by atoms with Crippen molar-refractivity contribution in [3.05, 3.63) is 35.9 Å². The third-order valence-electron chi connectivity index (χ3n) is 3.81. The fourth-order valence-electron chi connectivity index (χ4n) is 2.74. The molecule has 5 nitrogen and oxygen atoms in total. The Bertz CT molecular complexity index is 497. The summed E-state index contributed by atoms with van der Waals surface area (Å²) in [6.07, 6.45) is 0.409. The van der Waals surface area contributed by atoms with Crippen LogP contribution in [0.3, 0.4) is 0 Å². The van der Waals surface area contributed by atoms with Crippen LogP contribution >= 0.6 is 0 Å². The molecule has 0 radical (unpaired) electrons. The van der Waals surface area contributed by atoms with Crippen molar-refractivity contribution < 1.29 is 19.4 Å². The lowest BCUT2D eigenvalue weighted by atomic mass is 10.1. The summed E-state index contributed by atoms with van der Waals surface area (Å²) in [6.45, 7) is 7.12. The van der Waals surface area contributed by atoms with Gasteiger partial charge in [-0.05, 0) is 32.8 Å². The SMILES string of the molecule is CC(C)(C)OC(=O)N1C[C@H](CO)C[C@H]1COCc1ccccc1. The number of aliphatic hydroxyl groups excluding tert-OH is 1. The van der Waals surface area contributed by atoms with Gasteiger partial charge in [0.05, 0.1) is 19.3 Å². The molecule has 1 aromatic rings. The molecule has 1 aliphatic rings. The van der Waals surface area contributed by atoms with E-state index in [0.717, 1.165) is 12.0 Å². The fraction of sp³-hybridized carbons (Fsp3) is 0.611. The van der Waals surface area contributed by atoms with Gasteiger partial charge in [0, 0.05) is 19.1 Å². The topological polar surface area (TPSA) is 59.0 Å². The first-order valence-electron chi connectivity index (χ1n) is 8.11. The summed E-state index contributed by atoms with van der Waals surface area (Å²) < 4.78 is 11.2. The number of hydrogen-bond acceptors (Lipinski definition) is 4. The lowest BCUT2D eigenvalue weighted by molar-refractivity contribution is 0.00854. The number of carbonyl (C=O) groups excluding carboxylic acids is 1. The molecule has 1 aromatic carbocycles. The predicted octanol–water partition coefficient (Wildman–Crippen LogP) is 2.82. The minimum atomic E-state index is -0.524. The average Bonchev–Trinajstić information content (AvgIpc) is 2.90. The van der Waals surface area contributed by atoms with E-state index >= 15 is 0 Å². The normalized spacial score (nSPS) is 21.5. The van der Waals surface area contributed by atoms with Gasteiger partial charge < -0.3 is 19.5 Å². The summed E-state index contributed by atoms with van der Waals surface area (Å²) in [5.41, 5.74) is 0.581. The number of benzene rings is 1. The van der Waals surface area contributed by atoms with Crippen molar-refractivity contribution in [2.24, 2.45) is 5.92 Å². The number of rotatable bonds is 5. The molecule has 1 N–H and O–H groups in total. The minimum Gasteiger partial charge on any atom is -0.444 e. The van der Waals surface area contributed by atoms with Gasteiger partial charge in [-0.15, -0.1) is 0 Å². The molecule has 1 amide bonds. The first kappa shape index (κ1) is 17.8. The van der Waals surface area contributed by atoms with E-state index < -0.39 is 5.60 Å². The highest BCUT2D eigenvalue weighted by atomic mass is 16.6. The van der Waals surface area contributed by atoms with Crippen LogP contribution in [0, 0.1) is 5.92 Å². The highest BCUT2D eigenvalue weighted by Gasteiger charge is 2.37. The Kier molecular flexibility index (Phi) is 6.02. The lowest BCUT2D eigenvalue weighted by Crippen LogP contribution is -2.41. The number of amides is 1. The zero-order valence-electron chi connectivity index (χ0n) is 14.2. The van der Waals surface area contributed by atoms with Crippen molar-refractivity contribution in [3.63, 3.8) is 0 Å². The highest BCUT2D eigenvalue weighted by Crippen LogP contribution is 2.25. The molecular weight excluding hydrogens is 294 g/mol. The number of aliphatic hydroxyl groups is 1. The summed E-state index contributed by atoms with van der Waals surface area (Å²) in [7, 11) is 0. The second kappa shape index (κ2) is 7.79. The Morgan fingerprint density at radius 3 is 2.61 bits per heavy atom. The zero-order valence-corrected chi connectivity index (χ0v) is 14.2. The molecule has 0 bridgehead atoms. The maximum atomic E-state index is 12.3. The molecule has 1 fully saturated rings. The van der Waals surface area contributed by atoms with Crippen LogP contribution < -0.4 is 0 Å². The maximum absolute atomic E-state index is 12.3. The quantitative estimate of drug-likeness (QED) is 0.906. The summed E-state index contributed by atoms with van der Waals surface area (Å²) >= 11 is 0. The molecule has 0 saturated carbocycles. The van der Waals surface area contributed by atoms with Gasteiger partial charge in [0.1, 0.15) is 5.60 Å². The molecule has 0 aliphatic carbocycles. The Labute approximate surface area is 138 Å². The molecule has 2 atom stereocenters. The van der Waals surface area contributed by atoms with Gasteiger partial charge in [0.2, 0.25) is 0 Å². The lowest BCUT2D eigenvalue weighted by Gasteiger charge is -2.28. The van der Waals surface area contributed by atoms with Gasteiger partial charge in [0.25, 0.3) is 0 Å². The van der Waals surface area contributed by atoms with Crippen LogP contribution in [0.2, 0.25) is 0 Å². The van der Waals surface area contributed by atoms with Crippen LogP contribution in [0.4, 0.5) is 4.79 Å². The fourth-order valence-corrected chi connectivity index (χ4v) is 2.74. The van der Waals surface area contributed by atoms with E-state index in [4.69, 9.17) is 9.47 Å². The van der Waals surface area contributed by atoms with E-state index in [-0.39, 0.29) is 24.7 Å². The number of ether oxygens (including phenoxy) is 2. The van der Waals surface area contributed by atoms with Gasteiger partial charge in [0.15, 0.2) is 0 Å². The van der Waals surface area contributed by atoms with Crippen LogP contribution in [-0.4, -0.2) is 47.5 Å². The second-order valence-corrected chi connectivity index (χ2v) is 7.07. The van der Waals surface area contributed by atoms with Crippen molar-refractivity contribution >= 4 is 6.09 Å². The van der Waals surface area contributed by atoms with Crippen LogP contribution in [0.1, 0.15) is 32.8 Å². The summed E-state index contributed by atoms with van der Waals surface area (Å²) in [6, 6.07) is 9.89. The van der Waals surface area contributed by atoms with E-state index in [9.17, 15) is 9.90 Å². The minimum absolute atomic E-state index is 0.0503. The molecule has 0 spiro atoms. The molecule has 128 valence electrons. The Morgan fingerprint density at radius 1 is 1.30 bits per heavy atom. The van der Waals surface area contributed by atoms with Crippen molar-refractivity contribution in [2.75, 3.05) is 19.8 Å². The van der Waals surface area contributed by atoms with E-state index in [1.165, 1.54) is 0 Å². The standard InChI is InChI=1S/C18H27NO4/c1-18(2,3)23-17(21)19-10-15(11-20)9-16(19)13-22-12-14-7-5-4-6-8-14/h4-8,15-16,20H,9-13H2,1-3H3/t15-,16+/m1/s1. The van der Waals surface area contributed by atoms with Crippen molar-refractivity contribution in [2.45, 2.75) is 45.4 Å². The van der Waals surface area contributed by atoms with Gasteiger partial charge in [-0.25, -0.2) is 4.79 Å². The Balaban J connectivity index is 1.90. The Hall–Kier alpha value is -1.59. The smallest absolute Gasteiger partial charge is 0.410 e. The van der Waals surface area contributed by atoms with Crippen LogP contribution in [0.15, 0.2) is 30.3 Å². The van der Waals surface area contributed by atoms with E-state index in [1.54, 1.807) is 4.90 Å². The third kappa shape index (κ3) is 5.52. The van der Waals surface area contributed by atoms with Gasteiger partial charge in [-0.3, -0.25) is 0 Å². The molecule has 23 heavy (non-hydrogen) atoms. The Morgan fingerprint density at radius 2 is 2.00 bits per heavy atom. The zero-order chi connectivity index (χ0) is 16.9. The highest BCUT2D eigenvalue weighted by molar-refractivity contribution is 5.69. The van der Waals surface area contributed by atoms with Gasteiger partial charge >= 0.3 is 6.09 Å². The second-order valence-electron chi connectivity index (χ2n) is 7.07. The van der Waals surface area contributed by atoms with Crippen LogP contribution in [-0.2, 0) is 16.1 Å². The van der Waals surface area contributed by atoms with Crippen molar-refractivity contribution in [3.8, 4) is 0 Å². The third-order valence-corrected chi connectivity index (χ3v) is 3.81. The molecule has 1 saturated heterocycles. The van der Waals surface area contributed by atoms with Crippen molar-refractivity contribution in [1.82, 2.24) is 4.90 Å². The molecule has 1 aliphatic heterocycles. The maximum Gasteiger partial charge on any atom is 0.410 e. The number of hydrogen-bond donors (Lipinski definition) is 1. The van der Waals surface area contributed by atoms with Gasteiger partial charge in [-0.1, -0.05) is 30.3 Å². The first-order chi connectivity index (χ1) is 10.9. The van der Waals surface area contributed by atoms with E-state index in [1.807, 2.05) is 51.1 Å². The van der Waals surface area contributed by atoms with E-state index in [2.05, 4.69) is 0 Å². The number of nitrogens with zero attached hydrogens (tertiary/aromatic N) is 1. The number of carbonyl (C=O) groups is 1. The summed E-state index contributed by atoms with van der Waals surface area (Å²) in [4.78, 5) is 14.0. The molecule has 1 heterocycles. The molecule has 0 unspecified atom stereocenters. The van der Waals surface area contributed by atoms with Gasteiger partial charge in [-0.2, -0.15) is 0 Å². The van der Waals surface area contributed by atoms with Crippen molar-refractivity contribution in [1.29, 1.82) is 0 Å². The predicted molar refractivity (Wildman–Crippen MR) is 88.0 cm³/mol. The monoisotopic (exact) mass is 321 g/mol.